The molecule has 0 amide bonds. The van der Waals surface area contributed by atoms with Crippen molar-refractivity contribution in [3.8, 4) is 5.75 Å². The fourth-order valence-electron chi connectivity index (χ4n) is 2.97. The third-order valence-electron chi connectivity index (χ3n) is 4.03. The van der Waals surface area contributed by atoms with Crippen LogP contribution >= 0.6 is 0 Å². The fourth-order valence-corrected chi connectivity index (χ4v) is 2.97. The summed E-state index contributed by atoms with van der Waals surface area (Å²) in [4.78, 5) is 0. The van der Waals surface area contributed by atoms with Gasteiger partial charge in [0.15, 0.2) is 0 Å². The Balaban J connectivity index is 1.95. The maximum absolute atomic E-state index is 12.7. The maximum Gasteiger partial charge on any atom is 0.416 e. The summed E-state index contributed by atoms with van der Waals surface area (Å²) < 4.78 is 43.6. The van der Waals surface area contributed by atoms with Crippen molar-refractivity contribution in [2.75, 3.05) is 6.61 Å². The molecule has 3 atom stereocenters. The van der Waals surface area contributed by atoms with Gasteiger partial charge in [0.05, 0.1) is 12.2 Å². The molecule has 1 N–H and O–H groups in total. The summed E-state index contributed by atoms with van der Waals surface area (Å²) in [7, 11) is 0. The second-order valence-electron chi connectivity index (χ2n) is 5.44. The van der Waals surface area contributed by atoms with Gasteiger partial charge >= 0.3 is 6.18 Å². The van der Waals surface area contributed by atoms with Gasteiger partial charge in [-0.3, -0.25) is 0 Å². The van der Waals surface area contributed by atoms with Gasteiger partial charge in [-0.15, -0.1) is 0 Å². The van der Waals surface area contributed by atoms with Crippen LogP contribution in [-0.4, -0.2) is 12.6 Å². The van der Waals surface area contributed by atoms with E-state index < -0.39 is 11.7 Å². The summed E-state index contributed by atoms with van der Waals surface area (Å²) in [5.74, 6) is 0.734. The number of ether oxygens (including phenoxy) is 1. The van der Waals surface area contributed by atoms with Gasteiger partial charge in [-0.05, 0) is 31.9 Å². The highest BCUT2D eigenvalue weighted by Gasteiger charge is 2.37. The minimum Gasteiger partial charge on any atom is -0.493 e. The highest BCUT2D eigenvalue weighted by molar-refractivity contribution is 5.42. The van der Waals surface area contributed by atoms with Crippen LogP contribution in [0.2, 0.25) is 0 Å². The summed E-state index contributed by atoms with van der Waals surface area (Å²) in [5.41, 5.74) is 0.212. The lowest BCUT2D eigenvalue weighted by atomic mass is 9.82. The number of halogens is 3. The zero-order valence-corrected chi connectivity index (χ0v) is 10.6. The van der Waals surface area contributed by atoms with Crippen molar-refractivity contribution in [2.24, 2.45) is 5.92 Å². The summed E-state index contributed by atoms with van der Waals surface area (Å²) in [6.07, 6.45) is -2.18. The van der Waals surface area contributed by atoms with Crippen molar-refractivity contribution in [1.29, 1.82) is 0 Å². The quantitative estimate of drug-likeness (QED) is 0.779. The van der Waals surface area contributed by atoms with Gasteiger partial charge in [-0.1, -0.05) is 6.07 Å². The Morgan fingerprint density at radius 1 is 1.26 bits per heavy atom. The molecule has 0 saturated carbocycles. The summed E-state index contributed by atoms with van der Waals surface area (Å²) >= 11 is 0. The Bertz CT molecular complexity index is 486. The van der Waals surface area contributed by atoms with E-state index in [1.165, 1.54) is 0 Å². The zero-order chi connectivity index (χ0) is 13.6. The molecule has 1 fully saturated rings. The molecular formula is C14H16F3NO. The Morgan fingerprint density at radius 3 is 2.79 bits per heavy atom. The maximum atomic E-state index is 12.7. The van der Waals surface area contributed by atoms with E-state index >= 15 is 0 Å². The molecule has 1 aromatic rings. The molecule has 0 aliphatic carbocycles. The number of hydrogen-bond donors (Lipinski definition) is 1. The van der Waals surface area contributed by atoms with E-state index in [1.807, 2.05) is 0 Å². The lowest BCUT2D eigenvalue weighted by Gasteiger charge is -2.40. The predicted molar refractivity (Wildman–Crippen MR) is 65.0 cm³/mol. The van der Waals surface area contributed by atoms with E-state index in [9.17, 15) is 13.2 Å². The van der Waals surface area contributed by atoms with Gasteiger partial charge in [-0.2, -0.15) is 13.2 Å². The lowest BCUT2D eigenvalue weighted by molar-refractivity contribution is -0.137. The van der Waals surface area contributed by atoms with Gasteiger partial charge in [0.25, 0.3) is 0 Å². The summed E-state index contributed by atoms with van der Waals surface area (Å²) in [6, 6.07) is 4.34. The average molecular weight is 271 g/mol. The third kappa shape index (κ3) is 2.31. The molecule has 2 nitrogen and oxygen atoms in total. The molecule has 0 radical (unpaired) electrons. The van der Waals surface area contributed by atoms with Crippen molar-refractivity contribution in [3.05, 3.63) is 29.3 Å². The second kappa shape index (κ2) is 4.40. The lowest BCUT2D eigenvalue weighted by Crippen LogP contribution is -2.44. The van der Waals surface area contributed by atoms with E-state index in [4.69, 9.17) is 4.74 Å². The molecule has 0 spiro atoms. The van der Waals surface area contributed by atoms with Crippen LogP contribution in [0.15, 0.2) is 18.2 Å². The molecule has 0 bridgehead atoms. The first-order valence-corrected chi connectivity index (χ1v) is 6.55. The number of nitrogens with one attached hydrogen (secondary N) is 1. The van der Waals surface area contributed by atoms with Gasteiger partial charge in [0.2, 0.25) is 0 Å². The van der Waals surface area contributed by atoms with Gasteiger partial charge in [-0.25, -0.2) is 0 Å². The van der Waals surface area contributed by atoms with Crippen molar-refractivity contribution < 1.29 is 17.9 Å². The minimum atomic E-state index is -4.32. The van der Waals surface area contributed by atoms with Crippen LogP contribution in [-0.2, 0) is 6.18 Å². The zero-order valence-electron chi connectivity index (χ0n) is 10.6. The van der Waals surface area contributed by atoms with E-state index in [0.29, 0.717) is 24.3 Å². The molecule has 0 aromatic heterocycles. The summed E-state index contributed by atoms with van der Waals surface area (Å²) in [6.45, 7) is 2.61. The molecule has 2 aliphatic heterocycles. The van der Waals surface area contributed by atoms with Crippen molar-refractivity contribution in [1.82, 2.24) is 5.32 Å². The van der Waals surface area contributed by atoms with E-state index in [2.05, 4.69) is 12.2 Å². The number of benzene rings is 1. The largest absolute Gasteiger partial charge is 0.493 e. The van der Waals surface area contributed by atoms with Gasteiger partial charge in [0, 0.05) is 23.6 Å². The Kier molecular flexibility index (Phi) is 2.96. The number of hydrogen-bond acceptors (Lipinski definition) is 2. The Morgan fingerprint density at radius 2 is 2.05 bits per heavy atom. The third-order valence-corrected chi connectivity index (χ3v) is 4.03. The first-order valence-electron chi connectivity index (χ1n) is 6.55. The van der Waals surface area contributed by atoms with Crippen molar-refractivity contribution in [3.63, 3.8) is 0 Å². The topological polar surface area (TPSA) is 21.3 Å². The van der Waals surface area contributed by atoms with Crippen LogP contribution < -0.4 is 10.1 Å². The summed E-state index contributed by atoms with van der Waals surface area (Å²) in [5, 5.41) is 3.47. The number of piperidine rings is 1. The SMILES string of the molecule is C[C@H]1CC[C@H]2COc3cc(C(F)(F)F)ccc3[C@H]2N1. The standard InChI is InChI=1S/C14H16F3NO/c1-8-2-3-9-7-19-12-6-10(14(15,16)17)4-5-11(12)13(9)18-8/h4-6,8-9,13,18H,2-3,7H2,1H3/t8-,9-,13-/m0/s1. The van der Waals surface area contributed by atoms with E-state index in [0.717, 1.165) is 30.5 Å². The smallest absolute Gasteiger partial charge is 0.416 e. The molecule has 5 heteroatoms. The molecule has 19 heavy (non-hydrogen) atoms. The monoisotopic (exact) mass is 271 g/mol. The average Bonchev–Trinajstić information content (AvgIpc) is 2.36. The highest BCUT2D eigenvalue weighted by atomic mass is 19.4. The van der Waals surface area contributed by atoms with Crippen LogP contribution in [0.25, 0.3) is 0 Å². The number of rotatable bonds is 0. The normalized spacial score (nSPS) is 30.2. The van der Waals surface area contributed by atoms with Crippen LogP contribution in [0.4, 0.5) is 13.2 Å². The molecule has 1 saturated heterocycles. The van der Waals surface area contributed by atoms with Crippen LogP contribution in [0.5, 0.6) is 5.75 Å². The Hall–Kier alpha value is -1.23. The highest BCUT2D eigenvalue weighted by Crippen LogP contribution is 2.42. The minimum absolute atomic E-state index is 0.120. The second-order valence-corrected chi connectivity index (χ2v) is 5.44. The first-order chi connectivity index (χ1) is 8.95. The molecule has 2 aliphatic rings. The fraction of sp³-hybridized carbons (Fsp3) is 0.571. The molecule has 0 unspecified atom stereocenters. The molecule has 104 valence electrons. The van der Waals surface area contributed by atoms with Crippen molar-refractivity contribution in [2.45, 2.75) is 38.0 Å². The van der Waals surface area contributed by atoms with Crippen LogP contribution in [0.1, 0.15) is 36.9 Å². The first kappa shape index (κ1) is 12.8. The van der Waals surface area contributed by atoms with Gasteiger partial charge in [0.1, 0.15) is 5.75 Å². The van der Waals surface area contributed by atoms with E-state index in [-0.39, 0.29) is 6.04 Å². The molecular weight excluding hydrogens is 255 g/mol. The number of fused-ring (bicyclic) bond motifs is 3. The van der Waals surface area contributed by atoms with Crippen molar-refractivity contribution >= 4 is 0 Å². The number of alkyl halides is 3. The van der Waals surface area contributed by atoms with E-state index in [1.54, 1.807) is 6.07 Å². The van der Waals surface area contributed by atoms with Gasteiger partial charge < -0.3 is 10.1 Å². The molecule has 1 aromatic carbocycles. The Labute approximate surface area is 109 Å². The predicted octanol–water partition coefficient (Wildman–Crippen LogP) is 3.53. The molecule has 2 heterocycles. The molecule has 3 rings (SSSR count). The van der Waals surface area contributed by atoms with Crippen LogP contribution in [0, 0.1) is 5.92 Å². The van der Waals surface area contributed by atoms with Crippen LogP contribution in [0.3, 0.4) is 0 Å².